The van der Waals surface area contributed by atoms with E-state index < -0.39 is 38.9 Å². The first-order valence-electron chi connectivity index (χ1n) is 12.7. The minimum Gasteiger partial charge on any atom is -0.288 e. The van der Waals surface area contributed by atoms with Crippen LogP contribution in [0, 0.1) is 0 Å². The summed E-state index contributed by atoms with van der Waals surface area (Å²) in [5.74, 6) is -0.636. The van der Waals surface area contributed by atoms with Gasteiger partial charge in [0.2, 0.25) is 0 Å². The van der Waals surface area contributed by atoms with Gasteiger partial charge in [-0.2, -0.15) is 17.6 Å². The Morgan fingerprint density at radius 3 is 1.52 bits per heavy atom. The van der Waals surface area contributed by atoms with E-state index in [-0.39, 0.29) is 17.0 Å². The molecule has 1 amide bonds. The summed E-state index contributed by atoms with van der Waals surface area (Å²) >= 11 is 0. The maximum absolute atomic E-state index is 14.5. The van der Waals surface area contributed by atoms with Gasteiger partial charge in [-0.3, -0.25) is 9.69 Å². The third-order valence-electron chi connectivity index (χ3n) is 6.83. The number of nitrogens with zero attached hydrogens (tertiary/aromatic N) is 2. The molecule has 0 N–H and O–H groups in total. The Labute approximate surface area is 233 Å². The van der Waals surface area contributed by atoms with Gasteiger partial charge in [0.15, 0.2) is 0 Å². The normalized spacial score (nSPS) is 15.8. The van der Waals surface area contributed by atoms with Gasteiger partial charge in [-0.1, -0.05) is 91.0 Å². The lowest BCUT2D eigenvalue weighted by Gasteiger charge is -2.43. The summed E-state index contributed by atoms with van der Waals surface area (Å²) in [4.78, 5) is 16.0. The molecule has 204 valence electrons. The summed E-state index contributed by atoms with van der Waals surface area (Å²) in [6, 6.07) is 31.2. The molecule has 1 heterocycles. The number of carbonyl (C=O) groups is 1. The van der Waals surface area contributed by atoms with Crippen molar-refractivity contribution in [2.24, 2.45) is 4.40 Å². The quantitative estimate of drug-likeness (QED) is 0.241. The summed E-state index contributed by atoms with van der Waals surface area (Å²) < 4.78 is 58.2. The maximum Gasteiger partial charge on any atom is 0.416 e. The van der Waals surface area contributed by atoms with Gasteiger partial charge in [0.25, 0.3) is 5.91 Å². The molecular formula is C32H27F3N2O2S. The molecule has 0 saturated heterocycles. The number of benzene rings is 4. The van der Waals surface area contributed by atoms with Crippen molar-refractivity contribution in [1.82, 2.24) is 0 Å². The van der Waals surface area contributed by atoms with E-state index in [1.165, 1.54) is 11.0 Å². The van der Waals surface area contributed by atoms with Crippen molar-refractivity contribution in [2.45, 2.75) is 37.2 Å². The molecule has 1 unspecified atom stereocenters. The highest BCUT2D eigenvalue weighted by Crippen LogP contribution is 2.49. The first-order chi connectivity index (χ1) is 19.0. The van der Waals surface area contributed by atoms with Crippen molar-refractivity contribution in [3.63, 3.8) is 0 Å². The molecule has 0 aromatic heterocycles. The Bertz CT molecular complexity index is 1500. The number of halogens is 3. The van der Waals surface area contributed by atoms with E-state index >= 15 is 0 Å². The van der Waals surface area contributed by atoms with Crippen LogP contribution >= 0.6 is 0 Å². The third kappa shape index (κ3) is 4.66. The molecule has 0 bridgehead atoms. The summed E-state index contributed by atoms with van der Waals surface area (Å²) in [6.45, 7) is 5.08. The Morgan fingerprint density at radius 1 is 0.675 bits per heavy atom. The molecule has 40 heavy (non-hydrogen) atoms. The van der Waals surface area contributed by atoms with Crippen LogP contribution in [0.15, 0.2) is 114 Å². The fourth-order valence-electron chi connectivity index (χ4n) is 4.99. The zero-order valence-corrected chi connectivity index (χ0v) is 23.0. The number of anilines is 1. The van der Waals surface area contributed by atoms with E-state index in [9.17, 15) is 22.2 Å². The SMILES string of the molecule is CC(C)(C)S(=O)/N=C1\C(=O)N(C(c2ccccc2)(c2ccccc2)c2ccccc2)c2ccc(C(F)(F)F)cc21. The van der Waals surface area contributed by atoms with Crippen LogP contribution in [-0.2, 0) is 27.5 Å². The highest BCUT2D eigenvalue weighted by Gasteiger charge is 2.51. The van der Waals surface area contributed by atoms with Gasteiger partial charge < -0.3 is 0 Å². The fraction of sp³-hybridized carbons (Fsp3) is 0.188. The van der Waals surface area contributed by atoms with Crippen LogP contribution in [0.25, 0.3) is 0 Å². The second kappa shape index (κ2) is 10.2. The van der Waals surface area contributed by atoms with Gasteiger partial charge in [0.05, 0.1) is 16.0 Å². The zero-order valence-electron chi connectivity index (χ0n) is 22.1. The summed E-state index contributed by atoms with van der Waals surface area (Å²) in [7, 11) is -1.90. The van der Waals surface area contributed by atoms with Gasteiger partial charge in [-0.05, 0) is 55.7 Å². The van der Waals surface area contributed by atoms with Gasteiger partial charge in [0, 0.05) is 5.56 Å². The van der Waals surface area contributed by atoms with E-state index in [2.05, 4.69) is 4.40 Å². The van der Waals surface area contributed by atoms with Gasteiger partial charge in [-0.25, -0.2) is 4.21 Å². The van der Waals surface area contributed by atoms with Gasteiger partial charge >= 0.3 is 6.18 Å². The zero-order chi connectivity index (χ0) is 28.7. The number of amides is 1. The number of rotatable bonds is 5. The minimum atomic E-state index is -4.64. The predicted octanol–water partition coefficient (Wildman–Crippen LogP) is 7.30. The first kappa shape index (κ1) is 27.5. The number of alkyl halides is 3. The molecule has 4 aromatic rings. The second-order valence-corrected chi connectivity index (χ2v) is 12.4. The molecule has 0 aliphatic carbocycles. The largest absolute Gasteiger partial charge is 0.416 e. The van der Waals surface area contributed by atoms with E-state index in [1.807, 2.05) is 91.0 Å². The van der Waals surface area contributed by atoms with Crippen LogP contribution in [-0.4, -0.2) is 20.6 Å². The summed E-state index contributed by atoms with van der Waals surface area (Å²) in [5.41, 5.74) is -0.0415. The van der Waals surface area contributed by atoms with Gasteiger partial charge in [-0.15, -0.1) is 0 Å². The van der Waals surface area contributed by atoms with E-state index in [1.54, 1.807) is 20.8 Å². The Morgan fingerprint density at radius 2 is 1.12 bits per heavy atom. The molecule has 1 aliphatic rings. The lowest BCUT2D eigenvalue weighted by atomic mass is 9.75. The van der Waals surface area contributed by atoms with Crippen molar-refractivity contribution in [3.05, 3.63) is 137 Å². The molecule has 1 atom stereocenters. The van der Waals surface area contributed by atoms with Crippen molar-refractivity contribution in [3.8, 4) is 0 Å². The molecular weight excluding hydrogens is 533 g/mol. The number of carbonyl (C=O) groups excluding carboxylic acids is 1. The third-order valence-corrected chi connectivity index (χ3v) is 8.23. The van der Waals surface area contributed by atoms with Crippen LogP contribution in [0.3, 0.4) is 0 Å². The number of hydrogen-bond acceptors (Lipinski definition) is 2. The number of hydrogen-bond donors (Lipinski definition) is 0. The highest BCUT2D eigenvalue weighted by molar-refractivity contribution is 7.85. The molecule has 8 heteroatoms. The number of fused-ring (bicyclic) bond motifs is 1. The van der Waals surface area contributed by atoms with Crippen molar-refractivity contribution < 1.29 is 22.2 Å². The van der Waals surface area contributed by atoms with Crippen LogP contribution in [0.1, 0.15) is 48.6 Å². The average Bonchev–Trinajstić information content (AvgIpc) is 3.21. The Hall–Kier alpha value is -4.04. The smallest absolute Gasteiger partial charge is 0.288 e. The molecule has 1 aliphatic heterocycles. The monoisotopic (exact) mass is 560 g/mol. The standard InChI is InChI=1S/C32H27F3N2O2S/c1-30(2,3)40(39)36-28-26-21-25(32(33,34)35)19-20-27(26)37(29(28)38)31(22-13-7-4-8-14-22,23-15-9-5-10-16-23)24-17-11-6-12-18-24/h4-21H,1-3H3/b36-28-. The first-order valence-corrected chi connectivity index (χ1v) is 13.8. The molecule has 4 aromatic carbocycles. The maximum atomic E-state index is 14.5. The van der Waals surface area contributed by atoms with E-state index in [0.717, 1.165) is 28.8 Å². The van der Waals surface area contributed by atoms with Crippen LogP contribution in [0.5, 0.6) is 0 Å². The summed E-state index contributed by atoms with van der Waals surface area (Å²) in [5, 5.41) is 0. The van der Waals surface area contributed by atoms with Crippen LogP contribution < -0.4 is 4.90 Å². The molecule has 0 radical (unpaired) electrons. The van der Waals surface area contributed by atoms with E-state index in [0.29, 0.717) is 0 Å². The van der Waals surface area contributed by atoms with Gasteiger partial charge in [0.1, 0.15) is 22.2 Å². The lowest BCUT2D eigenvalue weighted by Crippen LogP contribution is -2.51. The Kier molecular flexibility index (Phi) is 7.00. The van der Waals surface area contributed by atoms with E-state index in [4.69, 9.17) is 0 Å². The lowest BCUT2D eigenvalue weighted by molar-refractivity contribution is -0.137. The highest BCUT2D eigenvalue weighted by atomic mass is 32.2. The molecule has 0 saturated carbocycles. The fourth-order valence-corrected chi connectivity index (χ4v) is 5.61. The average molecular weight is 561 g/mol. The summed E-state index contributed by atoms with van der Waals surface area (Å²) in [6.07, 6.45) is -4.64. The van der Waals surface area contributed by atoms with Crippen LogP contribution in [0.2, 0.25) is 0 Å². The second-order valence-electron chi connectivity index (χ2n) is 10.5. The van der Waals surface area contributed by atoms with Crippen molar-refractivity contribution in [1.29, 1.82) is 0 Å². The van der Waals surface area contributed by atoms with Crippen LogP contribution in [0.4, 0.5) is 18.9 Å². The molecule has 5 rings (SSSR count). The minimum absolute atomic E-state index is 0.00964. The predicted molar refractivity (Wildman–Crippen MR) is 153 cm³/mol. The molecule has 0 fully saturated rings. The molecule has 4 nitrogen and oxygen atoms in total. The van der Waals surface area contributed by atoms with Crippen molar-refractivity contribution in [2.75, 3.05) is 4.90 Å². The molecule has 0 spiro atoms. The van der Waals surface area contributed by atoms with Crippen molar-refractivity contribution >= 4 is 28.3 Å². The Balaban J connectivity index is 1.91. The topological polar surface area (TPSA) is 49.7 Å².